The summed E-state index contributed by atoms with van der Waals surface area (Å²) in [5, 5.41) is 0. The summed E-state index contributed by atoms with van der Waals surface area (Å²) in [6.45, 7) is 0. The van der Waals surface area contributed by atoms with Crippen LogP contribution in [0.1, 0.15) is 26.3 Å². The SMILES string of the molecule is COc1cc(C=C2Oc3cc(OC(=O)c4ccccc4)ccc3C2=O)cc(OC)c1. The molecule has 1 aliphatic heterocycles. The number of methoxy groups -OCH3 is 2. The van der Waals surface area contributed by atoms with Crippen LogP contribution in [-0.4, -0.2) is 26.0 Å². The zero-order chi connectivity index (χ0) is 21.1. The van der Waals surface area contributed by atoms with Crippen molar-refractivity contribution in [2.24, 2.45) is 0 Å². The molecule has 0 amide bonds. The molecule has 6 heteroatoms. The molecule has 0 N–H and O–H groups in total. The minimum atomic E-state index is -0.487. The van der Waals surface area contributed by atoms with Crippen LogP contribution in [0.4, 0.5) is 0 Å². The molecule has 0 bridgehead atoms. The summed E-state index contributed by atoms with van der Waals surface area (Å²) in [5.41, 5.74) is 1.52. The molecular weight excluding hydrogens is 384 g/mol. The quantitative estimate of drug-likeness (QED) is 0.355. The van der Waals surface area contributed by atoms with Gasteiger partial charge in [0.2, 0.25) is 5.78 Å². The minimum absolute atomic E-state index is 0.159. The van der Waals surface area contributed by atoms with Gasteiger partial charge < -0.3 is 18.9 Å². The lowest BCUT2D eigenvalue weighted by atomic mass is 10.1. The van der Waals surface area contributed by atoms with Crippen molar-refractivity contribution in [1.82, 2.24) is 0 Å². The third kappa shape index (κ3) is 3.89. The number of Topliss-reactive ketones (excluding diaryl/α,β-unsaturated/α-hetero) is 1. The standard InChI is InChI=1S/C24H18O6/c1-27-18-10-15(11-19(13-18)28-2)12-22-23(25)20-9-8-17(14-21(20)30-22)29-24(26)16-6-4-3-5-7-16/h3-14H,1-2H3. The number of ketones is 1. The molecule has 150 valence electrons. The second-order valence-electron chi connectivity index (χ2n) is 6.50. The Morgan fingerprint density at radius 1 is 0.867 bits per heavy atom. The van der Waals surface area contributed by atoms with E-state index in [0.29, 0.717) is 39.7 Å². The van der Waals surface area contributed by atoms with Crippen LogP contribution in [0.3, 0.4) is 0 Å². The van der Waals surface area contributed by atoms with Crippen LogP contribution in [0.5, 0.6) is 23.0 Å². The van der Waals surface area contributed by atoms with Gasteiger partial charge in [-0.2, -0.15) is 0 Å². The highest BCUT2D eigenvalue weighted by molar-refractivity contribution is 6.14. The third-order valence-electron chi connectivity index (χ3n) is 4.53. The van der Waals surface area contributed by atoms with Gasteiger partial charge in [-0.25, -0.2) is 4.79 Å². The normalized spacial score (nSPS) is 13.5. The number of hydrogen-bond acceptors (Lipinski definition) is 6. The first kappa shape index (κ1) is 19.3. The van der Waals surface area contributed by atoms with Crippen LogP contribution in [0.25, 0.3) is 6.08 Å². The van der Waals surface area contributed by atoms with Crippen LogP contribution >= 0.6 is 0 Å². The van der Waals surface area contributed by atoms with Gasteiger partial charge in [-0.15, -0.1) is 0 Å². The van der Waals surface area contributed by atoms with Crippen LogP contribution in [-0.2, 0) is 0 Å². The maximum atomic E-state index is 12.7. The highest BCUT2D eigenvalue weighted by atomic mass is 16.5. The van der Waals surface area contributed by atoms with Crippen LogP contribution in [0, 0.1) is 0 Å². The Balaban J connectivity index is 1.57. The van der Waals surface area contributed by atoms with Gasteiger partial charge in [0, 0.05) is 12.1 Å². The van der Waals surface area contributed by atoms with Gasteiger partial charge in [0.1, 0.15) is 23.0 Å². The number of carbonyl (C=O) groups excluding carboxylic acids is 2. The van der Waals surface area contributed by atoms with E-state index < -0.39 is 5.97 Å². The number of fused-ring (bicyclic) bond motifs is 1. The van der Waals surface area contributed by atoms with E-state index in [0.717, 1.165) is 0 Å². The Hall–Kier alpha value is -4.06. The highest BCUT2D eigenvalue weighted by Gasteiger charge is 2.28. The summed E-state index contributed by atoms with van der Waals surface area (Å²) in [5.74, 6) is 1.23. The Kier molecular flexibility index (Phi) is 5.22. The Bertz CT molecular complexity index is 1130. The maximum Gasteiger partial charge on any atom is 0.343 e. The van der Waals surface area contributed by atoms with Gasteiger partial charge in [-0.05, 0) is 48.0 Å². The molecule has 0 atom stereocenters. The van der Waals surface area contributed by atoms with Gasteiger partial charge in [0.25, 0.3) is 0 Å². The number of hydrogen-bond donors (Lipinski definition) is 0. The molecule has 6 nitrogen and oxygen atoms in total. The average molecular weight is 402 g/mol. The Morgan fingerprint density at radius 3 is 2.23 bits per heavy atom. The molecular formula is C24H18O6. The van der Waals surface area contributed by atoms with Crippen molar-refractivity contribution in [2.75, 3.05) is 14.2 Å². The largest absolute Gasteiger partial charge is 0.497 e. The molecule has 0 spiro atoms. The second kappa shape index (κ2) is 8.13. The van der Waals surface area contributed by atoms with E-state index in [2.05, 4.69) is 0 Å². The number of rotatable bonds is 5. The maximum absolute atomic E-state index is 12.7. The predicted octanol–water partition coefficient (Wildman–Crippen LogP) is 4.54. The van der Waals surface area contributed by atoms with E-state index in [9.17, 15) is 9.59 Å². The molecule has 3 aromatic rings. The Labute approximate surface area is 173 Å². The molecule has 4 rings (SSSR count). The average Bonchev–Trinajstić information content (AvgIpc) is 3.08. The zero-order valence-electron chi connectivity index (χ0n) is 16.4. The van der Waals surface area contributed by atoms with E-state index in [1.54, 1.807) is 74.9 Å². The van der Waals surface area contributed by atoms with Crippen molar-refractivity contribution < 1.29 is 28.5 Å². The van der Waals surface area contributed by atoms with Crippen molar-refractivity contribution >= 4 is 17.8 Å². The first-order valence-electron chi connectivity index (χ1n) is 9.16. The first-order chi connectivity index (χ1) is 14.6. The topological polar surface area (TPSA) is 71.1 Å². The van der Waals surface area contributed by atoms with Crippen LogP contribution < -0.4 is 18.9 Å². The van der Waals surface area contributed by atoms with E-state index in [4.69, 9.17) is 18.9 Å². The van der Waals surface area contributed by atoms with Crippen molar-refractivity contribution in [1.29, 1.82) is 0 Å². The molecule has 1 aliphatic rings. The molecule has 30 heavy (non-hydrogen) atoms. The first-order valence-corrected chi connectivity index (χ1v) is 9.16. The molecule has 0 fully saturated rings. The summed E-state index contributed by atoms with van der Waals surface area (Å²) in [6.07, 6.45) is 1.61. The summed E-state index contributed by atoms with van der Waals surface area (Å²) >= 11 is 0. The molecule has 3 aromatic carbocycles. The smallest absolute Gasteiger partial charge is 0.343 e. The Morgan fingerprint density at radius 2 is 1.57 bits per heavy atom. The van der Waals surface area contributed by atoms with E-state index in [1.165, 1.54) is 6.07 Å². The fourth-order valence-electron chi connectivity index (χ4n) is 3.04. The summed E-state index contributed by atoms with van der Waals surface area (Å²) in [6, 6.07) is 18.6. The number of allylic oxidation sites excluding steroid dienone is 1. The zero-order valence-corrected chi connectivity index (χ0v) is 16.4. The van der Waals surface area contributed by atoms with Crippen LogP contribution in [0.2, 0.25) is 0 Å². The molecule has 0 radical (unpaired) electrons. The van der Waals surface area contributed by atoms with Gasteiger partial charge in [0.05, 0.1) is 25.3 Å². The number of esters is 1. The van der Waals surface area contributed by atoms with E-state index in [-0.39, 0.29) is 11.5 Å². The molecule has 0 aromatic heterocycles. The van der Waals surface area contributed by atoms with Crippen molar-refractivity contribution in [3.63, 3.8) is 0 Å². The van der Waals surface area contributed by atoms with Crippen molar-refractivity contribution in [3.8, 4) is 23.0 Å². The predicted molar refractivity (Wildman–Crippen MR) is 110 cm³/mol. The van der Waals surface area contributed by atoms with Gasteiger partial charge in [-0.3, -0.25) is 4.79 Å². The van der Waals surface area contributed by atoms with Crippen LogP contribution in [0.15, 0.2) is 72.5 Å². The van der Waals surface area contributed by atoms with E-state index >= 15 is 0 Å². The number of carbonyl (C=O) groups is 2. The highest BCUT2D eigenvalue weighted by Crippen LogP contribution is 2.35. The lowest BCUT2D eigenvalue weighted by Gasteiger charge is -2.06. The van der Waals surface area contributed by atoms with Crippen molar-refractivity contribution in [3.05, 3.63) is 89.2 Å². The van der Waals surface area contributed by atoms with Gasteiger partial charge >= 0.3 is 5.97 Å². The number of benzene rings is 3. The molecule has 1 heterocycles. The third-order valence-corrected chi connectivity index (χ3v) is 4.53. The fraction of sp³-hybridized carbons (Fsp3) is 0.0833. The monoisotopic (exact) mass is 402 g/mol. The summed E-state index contributed by atoms with van der Waals surface area (Å²) < 4.78 is 21.6. The lowest BCUT2D eigenvalue weighted by molar-refractivity contribution is 0.0734. The minimum Gasteiger partial charge on any atom is -0.497 e. The van der Waals surface area contributed by atoms with Gasteiger partial charge in [0.15, 0.2) is 5.76 Å². The molecule has 0 unspecified atom stereocenters. The summed E-state index contributed by atoms with van der Waals surface area (Å²) in [7, 11) is 3.11. The van der Waals surface area contributed by atoms with Gasteiger partial charge in [-0.1, -0.05) is 18.2 Å². The lowest BCUT2D eigenvalue weighted by Crippen LogP contribution is -2.08. The van der Waals surface area contributed by atoms with Crippen molar-refractivity contribution in [2.45, 2.75) is 0 Å². The number of ether oxygens (including phenoxy) is 4. The molecule has 0 saturated heterocycles. The fourth-order valence-corrected chi connectivity index (χ4v) is 3.04. The molecule has 0 aliphatic carbocycles. The summed E-state index contributed by atoms with van der Waals surface area (Å²) in [4.78, 5) is 24.9. The second-order valence-corrected chi connectivity index (χ2v) is 6.50. The van der Waals surface area contributed by atoms with E-state index in [1.807, 2.05) is 6.07 Å². The molecule has 0 saturated carbocycles.